The second-order valence-electron chi connectivity index (χ2n) is 8.17. The topological polar surface area (TPSA) is 101 Å². The molecule has 0 aliphatic heterocycles. The Morgan fingerprint density at radius 3 is 2.50 bits per heavy atom. The summed E-state index contributed by atoms with van der Waals surface area (Å²) < 4.78 is 31.3. The molecule has 0 radical (unpaired) electrons. The summed E-state index contributed by atoms with van der Waals surface area (Å²) in [6, 6.07) is 18.4. The van der Waals surface area contributed by atoms with Gasteiger partial charge in [-0.3, -0.25) is 9.10 Å². The van der Waals surface area contributed by atoms with Crippen LogP contribution in [0.15, 0.2) is 71.8 Å². The van der Waals surface area contributed by atoms with E-state index in [0.29, 0.717) is 28.0 Å². The van der Waals surface area contributed by atoms with E-state index in [9.17, 15) is 13.2 Å². The maximum atomic E-state index is 12.6. The number of hydrazone groups is 1. The van der Waals surface area contributed by atoms with Crippen molar-refractivity contribution in [3.05, 3.63) is 98.6 Å². The SMILES string of the molecule is COc1ccc2cc(/C=N\NC(=O)c3ccc(CN(c4cccc(Cl)c4Cl)S(C)(=O)=O)cc3)c(Cl)nc2c1. The molecular formula is C26H21Cl3N4O4S. The normalized spacial score (nSPS) is 11.6. The summed E-state index contributed by atoms with van der Waals surface area (Å²) in [5.74, 6) is 0.207. The molecule has 1 N–H and O–H groups in total. The number of pyridine rings is 1. The number of aromatic nitrogens is 1. The molecule has 0 saturated heterocycles. The number of anilines is 1. The lowest BCUT2D eigenvalue weighted by Gasteiger charge is -2.24. The molecule has 3 aromatic carbocycles. The Kier molecular flexibility index (Phi) is 8.42. The van der Waals surface area contributed by atoms with E-state index < -0.39 is 15.9 Å². The molecule has 0 unspecified atom stereocenters. The first kappa shape index (κ1) is 27.7. The highest BCUT2D eigenvalue weighted by Gasteiger charge is 2.21. The summed E-state index contributed by atoms with van der Waals surface area (Å²) in [6.45, 7) is -0.00170. The third-order valence-electron chi connectivity index (χ3n) is 5.52. The Morgan fingerprint density at radius 2 is 1.82 bits per heavy atom. The van der Waals surface area contributed by atoms with E-state index in [1.54, 1.807) is 61.7 Å². The van der Waals surface area contributed by atoms with Gasteiger partial charge in [0.1, 0.15) is 10.9 Å². The van der Waals surface area contributed by atoms with Gasteiger partial charge >= 0.3 is 0 Å². The predicted molar refractivity (Wildman–Crippen MR) is 152 cm³/mol. The quantitative estimate of drug-likeness (QED) is 0.155. The van der Waals surface area contributed by atoms with Crippen LogP contribution in [0.1, 0.15) is 21.5 Å². The van der Waals surface area contributed by atoms with E-state index in [1.165, 1.54) is 6.21 Å². The molecular weight excluding hydrogens is 571 g/mol. The average Bonchev–Trinajstić information content (AvgIpc) is 2.88. The highest BCUT2D eigenvalue weighted by Crippen LogP contribution is 2.34. The number of benzene rings is 3. The van der Waals surface area contributed by atoms with Crippen LogP contribution in [0.5, 0.6) is 5.75 Å². The van der Waals surface area contributed by atoms with Gasteiger partial charge in [0, 0.05) is 22.6 Å². The number of amides is 1. The van der Waals surface area contributed by atoms with Crippen molar-refractivity contribution < 1.29 is 17.9 Å². The van der Waals surface area contributed by atoms with Gasteiger partial charge in [0.2, 0.25) is 10.0 Å². The molecule has 12 heteroatoms. The monoisotopic (exact) mass is 590 g/mol. The third-order valence-corrected chi connectivity index (χ3v) is 7.76. The molecule has 0 atom stereocenters. The van der Waals surface area contributed by atoms with Gasteiger partial charge < -0.3 is 4.74 Å². The number of rotatable bonds is 8. The van der Waals surface area contributed by atoms with E-state index in [0.717, 1.165) is 15.9 Å². The van der Waals surface area contributed by atoms with Crippen LogP contribution in [0.2, 0.25) is 15.2 Å². The molecule has 0 aliphatic rings. The highest BCUT2D eigenvalue weighted by atomic mass is 35.5. The van der Waals surface area contributed by atoms with Crippen molar-refractivity contribution in [2.75, 3.05) is 17.7 Å². The summed E-state index contributed by atoms with van der Waals surface area (Å²) in [5.41, 5.74) is 4.87. The van der Waals surface area contributed by atoms with Crippen LogP contribution in [-0.4, -0.2) is 38.9 Å². The molecule has 4 aromatic rings. The third kappa shape index (κ3) is 6.36. The van der Waals surface area contributed by atoms with E-state index in [4.69, 9.17) is 39.5 Å². The Balaban J connectivity index is 1.46. The van der Waals surface area contributed by atoms with Gasteiger partial charge in [0.15, 0.2) is 0 Å². The minimum Gasteiger partial charge on any atom is -0.497 e. The molecule has 0 bridgehead atoms. The number of hydrogen-bond donors (Lipinski definition) is 1. The van der Waals surface area contributed by atoms with Crippen molar-refractivity contribution >= 4 is 73.5 Å². The molecule has 1 aromatic heterocycles. The van der Waals surface area contributed by atoms with Crippen LogP contribution >= 0.6 is 34.8 Å². The number of carbonyl (C=O) groups excluding carboxylic acids is 1. The zero-order chi connectivity index (χ0) is 27.4. The van der Waals surface area contributed by atoms with Gasteiger partial charge in [-0.1, -0.05) is 53.0 Å². The van der Waals surface area contributed by atoms with Gasteiger partial charge in [-0.05, 0) is 48.0 Å². The summed E-state index contributed by atoms with van der Waals surface area (Å²) in [4.78, 5) is 16.9. The molecule has 196 valence electrons. The smallest absolute Gasteiger partial charge is 0.271 e. The summed E-state index contributed by atoms with van der Waals surface area (Å²) in [6.07, 6.45) is 2.49. The molecule has 1 amide bonds. The van der Waals surface area contributed by atoms with Crippen molar-refractivity contribution in [3.63, 3.8) is 0 Å². The molecule has 4 rings (SSSR count). The largest absolute Gasteiger partial charge is 0.497 e. The lowest BCUT2D eigenvalue weighted by atomic mass is 10.1. The van der Waals surface area contributed by atoms with Crippen LogP contribution in [0.4, 0.5) is 5.69 Å². The van der Waals surface area contributed by atoms with Crippen LogP contribution in [0.25, 0.3) is 10.9 Å². The number of hydrogen-bond acceptors (Lipinski definition) is 6. The lowest BCUT2D eigenvalue weighted by Crippen LogP contribution is -2.29. The number of halogens is 3. The molecule has 0 spiro atoms. The van der Waals surface area contributed by atoms with E-state index in [2.05, 4.69) is 15.5 Å². The molecule has 8 nitrogen and oxygen atoms in total. The number of sulfonamides is 1. The first-order chi connectivity index (χ1) is 18.1. The Morgan fingerprint density at radius 1 is 1.08 bits per heavy atom. The Labute approximate surface area is 234 Å². The minimum atomic E-state index is -3.67. The van der Waals surface area contributed by atoms with E-state index in [1.807, 2.05) is 12.1 Å². The van der Waals surface area contributed by atoms with Gasteiger partial charge in [-0.25, -0.2) is 18.8 Å². The number of nitrogens with one attached hydrogen (secondary N) is 1. The molecule has 0 saturated carbocycles. The molecule has 38 heavy (non-hydrogen) atoms. The van der Waals surface area contributed by atoms with Crippen LogP contribution < -0.4 is 14.5 Å². The number of ether oxygens (including phenoxy) is 1. The zero-order valence-electron chi connectivity index (χ0n) is 20.2. The predicted octanol–water partition coefficient (Wildman–Crippen LogP) is 5.93. The maximum absolute atomic E-state index is 12.6. The number of fused-ring (bicyclic) bond motifs is 1. The zero-order valence-corrected chi connectivity index (χ0v) is 23.2. The standard InChI is InChI=1S/C26H21Cl3N4O4S/c1-37-20-11-10-18-12-19(25(29)31-22(18)13-20)14-30-32-26(34)17-8-6-16(7-9-17)15-33(38(2,35)36)23-5-3-4-21(27)24(23)28/h3-14H,15H2,1-2H3,(H,32,34)/b30-14-. The van der Waals surface area contributed by atoms with Crippen molar-refractivity contribution in [1.29, 1.82) is 0 Å². The first-order valence-corrected chi connectivity index (χ1v) is 14.0. The summed E-state index contributed by atoms with van der Waals surface area (Å²) in [5, 5.41) is 5.43. The maximum Gasteiger partial charge on any atom is 0.271 e. The number of methoxy groups -OCH3 is 1. The van der Waals surface area contributed by atoms with E-state index >= 15 is 0 Å². The first-order valence-electron chi connectivity index (χ1n) is 11.0. The summed E-state index contributed by atoms with van der Waals surface area (Å²) >= 11 is 18.6. The molecule has 1 heterocycles. The number of nitrogens with zero attached hydrogens (tertiary/aromatic N) is 3. The Bertz CT molecular complexity index is 1640. The van der Waals surface area contributed by atoms with Crippen molar-refractivity contribution in [1.82, 2.24) is 10.4 Å². The van der Waals surface area contributed by atoms with Crippen LogP contribution in [0, 0.1) is 0 Å². The van der Waals surface area contributed by atoms with Crippen LogP contribution in [0.3, 0.4) is 0 Å². The van der Waals surface area contributed by atoms with Crippen LogP contribution in [-0.2, 0) is 16.6 Å². The fourth-order valence-electron chi connectivity index (χ4n) is 3.58. The second-order valence-corrected chi connectivity index (χ2v) is 11.2. The van der Waals surface area contributed by atoms with Gasteiger partial charge in [0.05, 0.1) is 47.4 Å². The fraction of sp³-hybridized carbons (Fsp3) is 0.115. The minimum absolute atomic E-state index is 0.00170. The van der Waals surface area contributed by atoms with Gasteiger partial charge in [-0.2, -0.15) is 5.10 Å². The van der Waals surface area contributed by atoms with Crippen molar-refractivity contribution in [2.24, 2.45) is 5.10 Å². The Hall–Kier alpha value is -3.37. The highest BCUT2D eigenvalue weighted by molar-refractivity contribution is 7.92. The molecule has 0 fully saturated rings. The lowest BCUT2D eigenvalue weighted by molar-refractivity contribution is 0.0955. The summed E-state index contributed by atoms with van der Waals surface area (Å²) in [7, 11) is -2.10. The second kappa shape index (κ2) is 11.6. The average molecular weight is 592 g/mol. The van der Waals surface area contributed by atoms with Crippen molar-refractivity contribution in [2.45, 2.75) is 6.54 Å². The van der Waals surface area contributed by atoms with Gasteiger partial charge in [0.25, 0.3) is 5.91 Å². The number of carbonyl (C=O) groups is 1. The fourth-order valence-corrected chi connectivity index (χ4v) is 5.11. The van der Waals surface area contributed by atoms with Crippen molar-refractivity contribution in [3.8, 4) is 5.75 Å². The van der Waals surface area contributed by atoms with Gasteiger partial charge in [-0.15, -0.1) is 0 Å². The molecule has 0 aliphatic carbocycles. The van der Waals surface area contributed by atoms with E-state index in [-0.39, 0.29) is 27.4 Å².